The molecule has 0 spiro atoms. The maximum absolute atomic E-state index is 2.59. The molecule has 15 heavy (non-hydrogen) atoms. The summed E-state index contributed by atoms with van der Waals surface area (Å²) in [6.45, 7) is 7.14. The second-order valence-electron chi connectivity index (χ2n) is 4.85. The second kappa shape index (κ2) is 7.02. The van der Waals surface area contributed by atoms with Gasteiger partial charge in [0.25, 0.3) is 0 Å². The highest BCUT2D eigenvalue weighted by atomic mass is 15.2. The van der Waals surface area contributed by atoms with Crippen molar-refractivity contribution < 1.29 is 0 Å². The smallest absolute Gasteiger partial charge is 0.0109 e. The van der Waals surface area contributed by atoms with Gasteiger partial charge in [-0.3, -0.25) is 0 Å². The summed E-state index contributed by atoms with van der Waals surface area (Å²) in [5, 5.41) is 0. The van der Waals surface area contributed by atoms with E-state index in [1.807, 2.05) is 0 Å². The zero-order valence-corrected chi connectivity index (χ0v) is 10.6. The predicted octanol–water partition coefficient (Wildman–Crippen LogP) is 2.23. The van der Waals surface area contributed by atoms with Gasteiger partial charge in [0.05, 0.1) is 0 Å². The lowest BCUT2D eigenvalue weighted by Gasteiger charge is -2.28. The van der Waals surface area contributed by atoms with Crippen molar-refractivity contribution in [1.82, 2.24) is 9.80 Å². The molecule has 1 aliphatic carbocycles. The first-order valence-electron chi connectivity index (χ1n) is 6.24. The third-order valence-corrected chi connectivity index (χ3v) is 3.20. The molecule has 2 heteroatoms. The molecule has 0 aliphatic heterocycles. The van der Waals surface area contributed by atoms with Crippen LogP contribution in [0, 0.1) is 5.92 Å². The minimum Gasteiger partial charge on any atom is -0.308 e. The van der Waals surface area contributed by atoms with Gasteiger partial charge in [0.15, 0.2) is 0 Å². The van der Waals surface area contributed by atoms with E-state index in [4.69, 9.17) is 0 Å². The van der Waals surface area contributed by atoms with Crippen LogP contribution in [-0.2, 0) is 0 Å². The van der Waals surface area contributed by atoms with Gasteiger partial charge in [0.2, 0.25) is 0 Å². The van der Waals surface area contributed by atoms with E-state index in [1.165, 1.54) is 45.4 Å². The van der Waals surface area contributed by atoms with Gasteiger partial charge >= 0.3 is 0 Å². The monoisotopic (exact) mass is 210 g/mol. The largest absolute Gasteiger partial charge is 0.308 e. The zero-order chi connectivity index (χ0) is 11.1. The molecule has 0 unspecified atom stereocenters. The Labute approximate surface area is 94.9 Å². The van der Waals surface area contributed by atoms with Crippen molar-refractivity contribution in [1.29, 1.82) is 0 Å². The summed E-state index contributed by atoms with van der Waals surface area (Å²) in [5.74, 6) is 0.900. The normalized spacial score (nSPS) is 21.5. The summed E-state index contributed by atoms with van der Waals surface area (Å²) in [4.78, 5) is 4.85. The summed E-state index contributed by atoms with van der Waals surface area (Å²) in [6, 6.07) is 0. The topological polar surface area (TPSA) is 6.48 Å². The summed E-state index contributed by atoms with van der Waals surface area (Å²) in [5.41, 5.74) is 0. The Morgan fingerprint density at radius 2 is 2.00 bits per heavy atom. The molecule has 0 aromatic carbocycles. The van der Waals surface area contributed by atoms with E-state index in [-0.39, 0.29) is 0 Å². The third-order valence-electron chi connectivity index (χ3n) is 3.20. The van der Waals surface area contributed by atoms with Crippen molar-refractivity contribution in [3.63, 3.8) is 0 Å². The first kappa shape index (κ1) is 12.7. The van der Waals surface area contributed by atoms with Crippen LogP contribution in [-0.4, -0.2) is 50.1 Å². The molecule has 88 valence electrons. The third kappa shape index (κ3) is 5.33. The van der Waals surface area contributed by atoms with Gasteiger partial charge in [-0.15, -0.1) is 0 Å². The van der Waals surface area contributed by atoms with Gasteiger partial charge in [-0.2, -0.15) is 0 Å². The SMILES string of the molecule is CCN(CCN(C)C)C[C@@H]1CC=CCC1. The van der Waals surface area contributed by atoms with Crippen LogP contribution in [0.3, 0.4) is 0 Å². The van der Waals surface area contributed by atoms with Crippen molar-refractivity contribution in [2.75, 3.05) is 40.3 Å². The van der Waals surface area contributed by atoms with Crippen molar-refractivity contribution in [3.05, 3.63) is 12.2 Å². The van der Waals surface area contributed by atoms with E-state index in [9.17, 15) is 0 Å². The summed E-state index contributed by atoms with van der Waals surface area (Å²) in [7, 11) is 4.30. The molecule has 0 radical (unpaired) electrons. The minimum absolute atomic E-state index is 0.900. The van der Waals surface area contributed by atoms with Crippen LogP contribution in [0.15, 0.2) is 12.2 Å². The summed E-state index contributed by atoms with van der Waals surface area (Å²) < 4.78 is 0. The average molecular weight is 210 g/mol. The van der Waals surface area contributed by atoms with Gasteiger partial charge in [-0.25, -0.2) is 0 Å². The summed E-state index contributed by atoms with van der Waals surface area (Å²) in [6.07, 6.45) is 8.64. The Morgan fingerprint density at radius 3 is 2.53 bits per heavy atom. The van der Waals surface area contributed by atoms with Crippen molar-refractivity contribution in [3.8, 4) is 0 Å². The molecule has 0 amide bonds. The average Bonchev–Trinajstić information content (AvgIpc) is 2.25. The van der Waals surface area contributed by atoms with E-state index in [0.29, 0.717) is 0 Å². The van der Waals surface area contributed by atoms with E-state index >= 15 is 0 Å². The first-order chi connectivity index (χ1) is 7.22. The predicted molar refractivity (Wildman–Crippen MR) is 67.1 cm³/mol. The highest BCUT2D eigenvalue weighted by molar-refractivity contribution is 4.90. The van der Waals surface area contributed by atoms with E-state index in [1.54, 1.807) is 0 Å². The van der Waals surface area contributed by atoms with E-state index < -0.39 is 0 Å². The lowest BCUT2D eigenvalue weighted by atomic mass is 9.94. The molecule has 2 nitrogen and oxygen atoms in total. The van der Waals surface area contributed by atoms with Gasteiger partial charge < -0.3 is 9.80 Å². The highest BCUT2D eigenvalue weighted by Gasteiger charge is 2.13. The number of hydrogen-bond acceptors (Lipinski definition) is 2. The second-order valence-corrected chi connectivity index (χ2v) is 4.85. The molecule has 1 rings (SSSR count). The Kier molecular flexibility index (Phi) is 5.96. The van der Waals surface area contributed by atoms with Crippen molar-refractivity contribution in [2.24, 2.45) is 5.92 Å². The molecular formula is C13H26N2. The van der Waals surface area contributed by atoms with E-state index in [2.05, 4.69) is 43.0 Å². The molecule has 1 aliphatic rings. The number of likely N-dealkylation sites (N-methyl/N-ethyl adjacent to an activating group) is 2. The molecule has 0 fully saturated rings. The molecule has 0 heterocycles. The molecule has 0 N–H and O–H groups in total. The quantitative estimate of drug-likeness (QED) is 0.620. The fourth-order valence-electron chi connectivity index (χ4n) is 2.11. The molecule has 1 atom stereocenters. The molecule has 0 aromatic rings. The zero-order valence-electron chi connectivity index (χ0n) is 10.6. The lowest BCUT2D eigenvalue weighted by Crippen LogP contribution is -2.35. The van der Waals surface area contributed by atoms with Gasteiger partial charge in [0.1, 0.15) is 0 Å². The molecule has 0 saturated heterocycles. The van der Waals surface area contributed by atoms with Crippen LogP contribution in [0.2, 0.25) is 0 Å². The lowest BCUT2D eigenvalue weighted by molar-refractivity contribution is 0.211. The Balaban J connectivity index is 2.23. The van der Waals surface area contributed by atoms with Crippen LogP contribution in [0.1, 0.15) is 26.2 Å². The number of hydrogen-bond donors (Lipinski definition) is 0. The molecule has 0 aromatic heterocycles. The van der Waals surface area contributed by atoms with Gasteiger partial charge in [-0.1, -0.05) is 19.1 Å². The number of allylic oxidation sites excluding steroid dienone is 2. The maximum Gasteiger partial charge on any atom is 0.0109 e. The molecule has 0 saturated carbocycles. The summed E-state index contributed by atoms with van der Waals surface area (Å²) >= 11 is 0. The van der Waals surface area contributed by atoms with Crippen LogP contribution in [0.5, 0.6) is 0 Å². The first-order valence-corrected chi connectivity index (χ1v) is 6.24. The standard InChI is InChI=1S/C13H26N2/c1-4-15(11-10-14(2)3)12-13-8-6-5-7-9-13/h5-6,13H,4,7-12H2,1-3H3/t13-/m1/s1. The van der Waals surface area contributed by atoms with Crippen LogP contribution in [0.25, 0.3) is 0 Å². The Hall–Kier alpha value is -0.340. The van der Waals surface area contributed by atoms with Crippen molar-refractivity contribution in [2.45, 2.75) is 26.2 Å². The van der Waals surface area contributed by atoms with Gasteiger partial charge in [-0.05, 0) is 45.8 Å². The van der Waals surface area contributed by atoms with Crippen molar-refractivity contribution >= 4 is 0 Å². The van der Waals surface area contributed by atoms with E-state index in [0.717, 1.165) is 5.92 Å². The Morgan fingerprint density at radius 1 is 1.20 bits per heavy atom. The Bertz CT molecular complexity index is 187. The number of rotatable bonds is 6. The highest BCUT2D eigenvalue weighted by Crippen LogP contribution is 2.18. The maximum atomic E-state index is 2.59. The van der Waals surface area contributed by atoms with Crippen LogP contribution < -0.4 is 0 Å². The molecular weight excluding hydrogens is 184 g/mol. The fourth-order valence-corrected chi connectivity index (χ4v) is 2.11. The minimum atomic E-state index is 0.900. The van der Waals surface area contributed by atoms with Crippen LogP contribution in [0.4, 0.5) is 0 Å². The fraction of sp³-hybridized carbons (Fsp3) is 0.846. The van der Waals surface area contributed by atoms with Gasteiger partial charge in [0, 0.05) is 19.6 Å². The molecule has 0 bridgehead atoms. The van der Waals surface area contributed by atoms with Crippen LogP contribution >= 0.6 is 0 Å². The number of nitrogens with zero attached hydrogens (tertiary/aromatic N) is 2.